The molecule has 0 spiro atoms. The second kappa shape index (κ2) is 7.35. The molecular weight excluding hydrogens is 387 g/mol. The molecule has 2 amide bonds. The fourth-order valence-electron chi connectivity index (χ4n) is 1.94. The number of hydrogen-bond acceptors (Lipinski definition) is 3. The van der Waals surface area contributed by atoms with Gasteiger partial charge >= 0.3 is 30.0 Å². The Morgan fingerprint density at radius 1 is 1.00 bits per heavy atom. The van der Waals surface area contributed by atoms with Crippen molar-refractivity contribution >= 4 is 12.0 Å². The number of ether oxygens (including phenoxy) is 1. The average Bonchev–Trinajstić information content (AvgIpc) is 2.51. The van der Waals surface area contributed by atoms with Crippen LogP contribution >= 0.6 is 0 Å². The number of amides is 2. The first-order chi connectivity index (χ1) is 12.0. The smallest absolute Gasteiger partial charge is 0.410 e. The zero-order chi connectivity index (χ0) is 21.4. The normalized spacial score (nSPS) is 12.9. The number of imide groups is 1. The van der Waals surface area contributed by atoms with Crippen LogP contribution in [0.4, 0.5) is 35.5 Å². The van der Waals surface area contributed by atoms with Gasteiger partial charge in [-0.1, -0.05) is 19.9 Å². The summed E-state index contributed by atoms with van der Waals surface area (Å²) in [6, 6.07) is 4.37. The van der Waals surface area contributed by atoms with E-state index in [1.54, 1.807) is 26.8 Å². The van der Waals surface area contributed by atoms with Crippen molar-refractivity contribution in [2.24, 2.45) is 0 Å². The third-order valence-electron chi connectivity index (χ3n) is 3.54. The van der Waals surface area contributed by atoms with Crippen molar-refractivity contribution in [1.29, 1.82) is 0 Å². The summed E-state index contributed by atoms with van der Waals surface area (Å²) in [7, 11) is 0.310. The number of alkyl halides is 7. The number of nitrogens with zero attached hydrogens (tertiary/aromatic N) is 1. The lowest BCUT2D eigenvalue weighted by Gasteiger charge is -2.29. The van der Waals surface area contributed by atoms with Gasteiger partial charge in [-0.05, 0) is 36.1 Å². The minimum absolute atomic E-state index is 0.0171. The van der Waals surface area contributed by atoms with E-state index in [1.165, 1.54) is 12.1 Å². The van der Waals surface area contributed by atoms with Crippen molar-refractivity contribution in [2.75, 3.05) is 7.05 Å². The summed E-state index contributed by atoms with van der Waals surface area (Å²) in [5.74, 6) is -16.1. The predicted octanol–water partition coefficient (Wildman–Crippen LogP) is 4.91. The van der Waals surface area contributed by atoms with E-state index in [1.807, 2.05) is 0 Å². The highest BCUT2D eigenvalue weighted by Crippen LogP contribution is 2.47. The summed E-state index contributed by atoms with van der Waals surface area (Å²) in [5, 5.41) is 0. The zero-order valence-corrected chi connectivity index (χ0v) is 14.6. The molecule has 0 aliphatic carbocycles. The summed E-state index contributed by atoms with van der Waals surface area (Å²) in [6.07, 6.45) is -8.53. The van der Waals surface area contributed by atoms with Crippen LogP contribution in [0.2, 0.25) is 0 Å². The SMILES string of the molecule is Cc1cc(OC(=O)N(C)C(=O)C(F)(F)C(F)(F)C(F)(F)F)cc(C(C)C)c1. The number of carbonyl (C=O) groups is 2. The van der Waals surface area contributed by atoms with Crippen molar-refractivity contribution in [2.45, 2.75) is 44.7 Å². The monoisotopic (exact) mass is 403 g/mol. The molecule has 11 heteroatoms. The first-order valence-electron chi connectivity index (χ1n) is 7.46. The van der Waals surface area contributed by atoms with Gasteiger partial charge in [0.15, 0.2) is 0 Å². The molecule has 27 heavy (non-hydrogen) atoms. The highest BCUT2D eigenvalue weighted by atomic mass is 19.4. The Balaban J connectivity index is 3.07. The van der Waals surface area contributed by atoms with Gasteiger partial charge in [0.2, 0.25) is 0 Å². The Hall–Kier alpha value is -2.33. The van der Waals surface area contributed by atoms with Crippen LogP contribution in [0.3, 0.4) is 0 Å². The molecule has 0 heterocycles. The van der Waals surface area contributed by atoms with E-state index in [-0.39, 0.29) is 11.7 Å². The molecule has 0 radical (unpaired) electrons. The molecule has 0 bridgehead atoms. The fourth-order valence-corrected chi connectivity index (χ4v) is 1.94. The summed E-state index contributed by atoms with van der Waals surface area (Å²) in [5.41, 5.74) is 1.28. The molecule has 152 valence electrons. The Labute approximate surface area is 149 Å². The lowest BCUT2D eigenvalue weighted by atomic mass is 10.0. The van der Waals surface area contributed by atoms with Crippen LogP contribution in [0.5, 0.6) is 5.75 Å². The van der Waals surface area contributed by atoms with Crippen molar-refractivity contribution in [3.05, 3.63) is 29.3 Å². The van der Waals surface area contributed by atoms with E-state index in [0.717, 1.165) is 0 Å². The molecule has 0 atom stereocenters. The number of rotatable bonds is 4. The van der Waals surface area contributed by atoms with Gasteiger partial charge in [-0.2, -0.15) is 30.7 Å². The largest absolute Gasteiger partial charge is 0.460 e. The third kappa shape index (κ3) is 4.51. The van der Waals surface area contributed by atoms with E-state index in [0.29, 0.717) is 18.2 Å². The highest BCUT2D eigenvalue weighted by molar-refractivity contribution is 5.97. The van der Waals surface area contributed by atoms with Crippen LogP contribution in [0.15, 0.2) is 18.2 Å². The molecule has 0 fully saturated rings. The molecule has 0 unspecified atom stereocenters. The topological polar surface area (TPSA) is 46.6 Å². The number of carbonyl (C=O) groups excluding carboxylic acids is 2. The standard InChI is InChI=1S/C16H16F7NO3/c1-8(2)10-5-9(3)6-11(7-10)27-13(26)24(4)12(25)14(17,18)15(19,20)16(21,22)23/h5-8H,1-4H3. The third-order valence-corrected chi connectivity index (χ3v) is 3.54. The number of benzene rings is 1. The minimum Gasteiger partial charge on any atom is -0.410 e. The first-order valence-corrected chi connectivity index (χ1v) is 7.46. The summed E-state index contributed by atoms with van der Waals surface area (Å²) < 4.78 is 93.8. The Bertz CT molecular complexity index is 729. The van der Waals surface area contributed by atoms with Gasteiger partial charge in [-0.15, -0.1) is 0 Å². The molecule has 0 aromatic heterocycles. The van der Waals surface area contributed by atoms with Gasteiger partial charge in [0.1, 0.15) is 5.75 Å². The molecule has 1 aromatic rings. The zero-order valence-electron chi connectivity index (χ0n) is 14.6. The maximum Gasteiger partial charge on any atom is 0.460 e. The van der Waals surface area contributed by atoms with Gasteiger partial charge in [-0.3, -0.25) is 4.79 Å². The molecule has 0 aliphatic rings. The highest BCUT2D eigenvalue weighted by Gasteiger charge is 2.77. The lowest BCUT2D eigenvalue weighted by molar-refractivity contribution is -0.345. The maximum absolute atomic E-state index is 13.4. The number of aryl methyl sites for hydroxylation is 1. The maximum atomic E-state index is 13.4. The molecule has 0 saturated heterocycles. The molecule has 1 rings (SSSR count). The van der Waals surface area contributed by atoms with Crippen molar-refractivity contribution in [3.63, 3.8) is 0 Å². The van der Waals surface area contributed by atoms with Crippen LogP contribution in [-0.2, 0) is 4.79 Å². The second-order valence-electron chi connectivity index (χ2n) is 6.11. The van der Waals surface area contributed by atoms with E-state index in [4.69, 9.17) is 0 Å². The van der Waals surface area contributed by atoms with Crippen LogP contribution < -0.4 is 4.74 Å². The van der Waals surface area contributed by atoms with Crippen LogP contribution in [0.1, 0.15) is 30.9 Å². The van der Waals surface area contributed by atoms with E-state index >= 15 is 0 Å². The number of halogens is 7. The lowest BCUT2D eigenvalue weighted by Crippen LogP contribution is -2.60. The van der Waals surface area contributed by atoms with Gasteiger partial charge in [0.25, 0.3) is 0 Å². The quantitative estimate of drug-likeness (QED) is 0.672. The van der Waals surface area contributed by atoms with Gasteiger partial charge in [-0.25, -0.2) is 9.69 Å². The van der Waals surface area contributed by atoms with E-state index in [9.17, 15) is 40.3 Å². The Kier molecular flexibility index (Phi) is 6.19. The Morgan fingerprint density at radius 3 is 1.96 bits per heavy atom. The van der Waals surface area contributed by atoms with Gasteiger partial charge < -0.3 is 4.74 Å². The molecule has 0 saturated carbocycles. The fraction of sp³-hybridized carbons (Fsp3) is 0.500. The van der Waals surface area contributed by atoms with Crippen molar-refractivity contribution in [1.82, 2.24) is 4.90 Å². The average molecular weight is 403 g/mol. The van der Waals surface area contributed by atoms with E-state index in [2.05, 4.69) is 4.74 Å². The molecule has 4 nitrogen and oxygen atoms in total. The first kappa shape index (κ1) is 22.7. The summed E-state index contributed by atoms with van der Waals surface area (Å²) in [4.78, 5) is 22.6. The summed E-state index contributed by atoms with van der Waals surface area (Å²) >= 11 is 0. The minimum atomic E-state index is -6.69. The Morgan fingerprint density at radius 2 is 1.52 bits per heavy atom. The molecule has 0 N–H and O–H groups in total. The molecule has 1 aromatic carbocycles. The van der Waals surface area contributed by atoms with Crippen LogP contribution in [-0.4, -0.2) is 42.0 Å². The van der Waals surface area contributed by atoms with Crippen molar-refractivity contribution < 1.29 is 45.1 Å². The number of hydrogen-bond donors (Lipinski definition) is 0. The summed E-state index contributed by atoms with van der Waals surface area (Å²) in [6.45, 7) is 5.22. The van der Waals surface area contributed by atoms with E-state index < -0.39 is 34.9 Å². The van der Waals surface area contributed by atoms with Crippen molar-refractivity contribution in [3.8, 4) is 5.75 Å². The molecule has 0 aliphatic heterocycles. The second-order valence-corrected chi connectivity index (χ2v) is 6.11. The van der Waals surface area contributed by atoms with Crippen LogP contribution in [0.25, 0.3) is 0 Å². The molecular formula is C16H16F7NO3. The van der Waals surface area contributed by atoms with Gasteiger partial charge in [0.05, 0.1) is 0 Å². The predicted molar refractivity (Wildman–Crippen MR) is 80.0 cm³/mol. The van der Waals surface area contributed by atoms with Gasteiger partial charge in [0, 0.05) is 7.05 Å². The van der Waals surface area contributed by atoms with Crippen LogP contribution in [0, 0.1) is 6.92 Å².